The second kappa shape index (κ2) is 6.13. The molecule has 6 nitrogen and oxygen atoms in total. The molecule has 1 unspecified atom stereocenters. The number of aromatic amines is 1. The molecule has 1 fully saturated rings. The van der Waals surface area contributed by atoms with Crippen LogP contribution in [0.1, 0.15) is 57.5 Å². The van der Waals surface area contributed by atoms with Crippen molar-refractivity contribution in [3.63, 3.8) is 0 Å². The summed E-state index contributed by atoms with van der Waals surface area (Å²) in [5, 5.41) is 6.98. The monoisotopic (exact) mass is 293 g/mol. The topological polar surface area (TPSA) is 65.1 Å². The zero-order valence-electron chi connectivity index (χ0n) is 13.8. The molecular formula is C15H27N5O. The highest BCUT2D eigenvalue weighted by atomic mass is 16.2. The number of nitrogens with zero attached hydrogens (tertiary/aromatic N) is 4. The van der Waals surface area contributed by atoms with E-state index in [2.05, 4.69) is 33.9 Å². The molecule has 0 saturated carbocycles. The van der Waals surface area contributed by atoms with E-state index < -0.39 is 0 Å². The number of amides is 1. The van der Waals surface area contributed by atoms with E-state index >= 15 is 0 Å². The molecule has 0 bridgehead atoms. The molecule has 1 amide bonds. The van der Waals surface area contributed by atoms with Crippen LogP contribution in [-0.2, 0) is 5.41 Å². The third kappa shape index (κ3) is 3.43. The highest BCUT2D eigenvalue weighted by Crippen LogP contribution is 2.20. The SMILES string of the molecule is CCN(CC)C1CCN(C(=O)c2n[nH]c(C(C)(C)C)n2)C1. The van der Waals surface area contributed by atoms with Crippen LogP contribution < -0.4 is 0 Å². The van der Waals surface area contributed by atoms with Gasteiger partial charge in [0.15, 0.2) is 0 Å². The Hall–Kier alpha value is -1.43. The Bertz CT molecular complexity index is 486. The summed E-state index contributed by atoms with van der Waals surface area (Å²) in [5.74, 6) is 0.988. The maximum absolute atomic E-state index is 12.5. The summed E-state index contributed by atoms with van der Waals surface area (Å²) < 4.78 is 0. The smallest absolute Gasteiger partial charge is 0.293 e. The fraction of sp³-hybridized carbons (Fsp3) is 0.800. The van der Waals surface area contributed by atoms with Crippen LogP contribution in [0, 0.1) is 0 Å². The van der Waals surface area contributed by atoms with Crippen molar-refractivity contribution in [2.75, 3.05) is 26.2 Å². The molecule has 0 spiro atoms. The Morgan fingerprint density at radius 1 is 1.38 bits per heavy atom. The average Bonchev–Trinajstić information content (AvgIpc) is 3.08. The molecule has 1 aromatic rings. The van der Waals surface area contributed by atoms with Gasteiger partial charge in [0.05, 0.1) is 0 Å². The molecule has 1 saturated heterocycles. The van der Waals surface area contributed by atoms with Crippen LogP contribution in [0.3, 0.4) is 0 Å². The van der Waals surface area contributed by atoms with Gasteiger partial charge in [0.25, 0.3) is 5.91 Å². The lowest BCUT2D eigenvalue weighted by Gasteiger charge is -2.25. The molecule has 0 aliphatic carbocycles. The zero-order valence-corrected chi connectivity index (χ0v) is 13.8. The molecule has 1 aromatic heterocycles. The molecule has 0 aromatic carbocycles. The Labute approximate surface area is 126 Å². The minimum atomic E-state index is -0.125. The van der Waals surface area contributed by atoms with Crippen molar-refractivity contribution in [2.45, 2.75) is 52.5 Å². The maximum Gasteiger partial charge on any atom is 0.293 e. The molecule has 2 heterocycles. The maximum atomic E-state index is 12.5. The number of hydrogen-bond donors (Lipinski definition) is 1. The molecule has 118 valence electrons. The molecular weight excluding hydrogens is 266 g/mol. The lowest BCUT2D eigenvalue weighted by atomic mass is 9.96. The van der Waals surface area contributed by atoms with Crippen molar-refractivity contribution < 1.29 is 4.79 Å². The summed E-state index contributed by atoms with van der Waals surface area (Å²) in [6.45, 7) is 14.1. The number of likely N-dealkylation sites (N-methyl/N-ethyl adjacent to an activating group) is 1. The normalized spacial score (nSPS) is 19.5. The van der Waals surface area contributed by atoms with Gasteiger partial charge in [-0.25, -0.2) is 4.98 Å². The van der Waals surface area contributed by atoms with E-state index in [9.17, 15) is 4.79 Å². The van der Waals surface area contributed by atoms with Crippen LogP contribution in [0.2, 0.25) is 0 Å². The van der Waals surface area contributed by atoms with Crippen molar-refractivity contribution >= 4 is 5.91 Å². The van der Waals surface area contributed by atoms with Crippen LogP contribution in [0.25, 0.3) is 0 Å². The highest BCUT2D eigenvalue weighted by molar-refractivity contribution is 5.90. The van der Waals surface area contributed by atoms with Crippen molar-refractivity contribution in [3.8, 4) is 0 Å². The summed E-state index contributed by atoms with van der Waals surface area (Å²) in [6, 6.07) is 0.463. The summed E-state index contributed by atoms with van der Waals surface area (Å²) in [5.41, 5.74) is -0.125. The van der Waals surface area contributed by atoms with Gasteiger partial charge >= 0.3 is 0 Å². The van der Waals surface area contributed by atoms with Crippen molar-refractivity contribution in [3.05, 3.63) is 11.6 Å². The number of likely N-dealkylation sites (tertiary alicyclic amines) is 1. The van der Waals surface area contributed by atoms with Gasteiger partial charge in [0.2, 0.25) is 5.82 Å². The molecule has 21 heavy (non-hydrogen) atoms. The zero-order chi connectivity index (χ0) is 15.6. The Kier molecular flexibility index (Phi) is 4.66. The fourth-order valence-corrected chi connectivity index (χ4v) is 2.80. The van der Waals surface area contributed by atoms with Gasteiger partial charge in [-0.05, 0) is 19.5 Å². The molecule has 1 atom stereocenters. The van der Waals surface area contributed by atoms with E-state index in [1.54, 1.807) is 0 Å². The lowest BCUT2D eigenvalue weighted by molar-refractivity contribution is 0.0766. The Morgan fingerprint density at radius 3 is 2.57 bits per heavy atom. The molecule has 6 heteroatoms. The standard InChI is InChI=1S/C15H27N5O/c1-6-19(7-2)11-8-9-20(10-11)13(21)12-16-14(18-17-12)15(3,4)5/h11H,6-10H2,1-5H3,(H,16,17,18). The van der Waals surface area contributed by atoms with Gasteiger partial charge in [0, 0.05) is 24.5 Å². The minimum Gasteiger partial charge on any atom is -0.334 e. The van der Waals surface area contributed by atoms with Crippen LogP contribution in [-0.4, -0.2) is 63.1 Å². The highest BCUT2D eigenvalue weighted by Gasteiger charge is 2.32. The van der Waals surface area contributed by atoms with E-state index in [0.717, 1.165) is 38.4 Å². The average molecular weight is 293 g/mol. The minimum absolute atomic E-state index is 0.0589. The second-order valence-electron chi connectivity index (χ2n) is 6.67. The predicted octanol–water partition coefficient (Wildman–Crippen LogP) is 1.66. The van der Waals surface area contributed by atoms with Gasteiger partial charge in [-0.2, -0.15) is 0 Å². The molecule has 1 N–H and O–H groups in total. The van der Waals surface area contributed by atoms with Gasteiger partial charge in [0.1, 0.15) is 5.82 Å². The number of hydrogen-bond acceptors (Lipinski definition) is 4. The first kappa shape index (κ1) is 15.9. The molecule has 1 aliphatic heterocycles. The number of H-pyrrole nitrogens is 1. The van der Waals surface area contributed by atoms with E-state index in [-0.39, 0.29) is 11.3 Å². The molecule has 2 rings (SSSR count). The third-order valence-corrected chi connectivity index (χ3v) is 4.17. The summed E-state index contributed by atoms with van der Waals surface area (Å²) in [6.07, 6.45) is 1.03. The molecule has 1 aliphatic rings. The Balaban J connectivity index is 2.03. The van der Waals surface area contributed by atoms with Crippen LogP contribution in [0.15, 0.2) is 0 Å². The van der Waals surface area contributed by atoms with Gasteiger partial charge < -0.3 is 4.90 Å². The second-order valence-corrected chi connectivity index (χ2v) is 6.67. The van der Waals surface area contributed by atoms with E-state index in [4.69, 9.17) is 0 Å². The predicted molar refractivity (Wildman–Crippen MR) is 82.3 cm³/mol. The largest absolute Gasteiger partial charge is 0.334 e. The first-order valence-electron chi connectivity index (χ1n) is 7.83. The lowest BCUT2D eigenvalue weighted by Crippen LogP contribution is -2.38. The first-order valence-corrected chi connectivity index (χ1v) is 7.83. The van der Waals surface area contributed by atoms with Crippen LogP contribution in [0.5, 0.6) is 0 Å². The van der Waals surface area contributed by atoms with E-state index in [1.807, 2.05) is 25.7 Å². The summed E-state index contributed by atoms with van der Waals surface area (Å²) in [7, 11) is 0. The molecule has 0 radical (unpaired) electrons. The van der Waals surface area contributed by atoms with Crippen LogP contribution >= 0.6 is 0 Å². The van der Waals surface area contributed by atoms with Gasteiger partial charge in [-0.1, -0.05) is 34.6 Å². The summed E-state index contributed by atoms with van der Waals surface area (Å²) >= 11 is 0. The number of rotatable bonds is 4. The fourth-order valence-electron chi connectivity index (χ4n) is 2.80. The van der Waals surface area contributed by atoms with Crippen molar-refractivity contribution in [1.82, 2.24) is 25.0 Å². The number of nitrogens with one attached hydrogen (secondary N) is 1. The number of aromatic nitrogens is 3. The van der Waals surface area contributed by atoms with E-state index in [1.165, 1.54) is 0 Å². The van der Waals surface area contributed by atoms with Gasteiger partial charge in [-0.15, -0.1) is 5.10 Å². The van der Waals surface area contributed by atoms with Crippen LogP contribution in [0.4, 0.5) is 0 Å². The summed E-state index contributed by atoms with van der Waals surface area (Å²) in [4.78, 5) is 21.1. The Morgan fingerprint density at radius 2 is 2.05 bits per heavy atom. The third-order valence-electron chi connectivity index (χ3n) is 4.17. The quantitative estimate of drug-likeness (QED) is 0.917. The number of carbonyl (C=O) groups is 1. The van der Waals surface area contributed by atoms with Crippen molar-refractivity contribution in [2.24, 2.45) is 0 Å². The number of carbonyl (C=O) groups excluding carboxylic acids is 1. The van der Waals surface area contributed by atoms with E-state index in [0.29, 0.717) is 11.9 Å². The van der Waals surface area contributed by atoms with Crippen molar-refractivity contribution in [1.29, 1.82) is 0 Å². The van der Waals surface area contributed by atoms with Gasteiger partial charge in [-0.3, -0.25) is 14.8 Å². The first-order chi connectivity index (χ1) is 9.86.